The van der Waals surface area contributed by atoms with E-state index in [1.807, 2.05) is 41.2 Å². The average molecular weight is 888 g/mol. The monoisotopic (exact) mass is 887 g/mol. The molecule has 6 rings (SSSR count). The second-order valence-electron chi connectivity index (χ2n) is 15.4. The number of amides is 4. The van der Waals surface area contributed by atoms with Gasteiger partial charge in [-0.2, -0.15) is 11.8 Å². The van der Waals surface area contributed by atoms with Crippen molar-refractivity contribution in [3.63, 3.8) is 0 Å². The number of unbranched alkanes of at least 4 members (excludes halogenated alkanes) is 3. The van der Waals surface area contributed by atoms with E-state index >= 15 is 8.78 Å². The van der Waals surface area contributed by atoms with Crippen LogP contribution < -0.4 is 16.4 Å². The van der Waals surface area contributed by atoms with Crippen molar-refractivity contribution in [2.24, 2.45) is 17.6 Å². The molecule has 5 N–H and O–H groups in total. The van der Waals surface area contributed by atoms with Crippen molar-refractivity contribution in [1.82, 2.24) is 30.0 Å². The van der Waals surface area contributed by atoms with Crippen LogP contribution in [0.3, 0.4) is 0 Å². The molecule has 338 valence electrons. The highest BCUT2D eigenvalue weighted by Crippen LogP contribution is 2.38. The van der Waals surface area contributed by atoms with Gasteiger partial charge in [0.1, 0.15) is 23.6 Å². The number of aliphatic carboxylic acids is 1. The maximum atomic E-state index is 15.3. The molecule has 3 fully saturated rings. The summed E-state index contributed by atoms with van der Waals surface area (Å²) in [5.41, 5.74) is 5.64. The topological polar surface area (TPSA) is 198 Å². The van der Waals surface area contributed by atoms with Crippen LogP contribution in [-0.4, -0.2) is 131 Å². The summed E-state index contributed by atoms with van der Waals surface area (Å²) in [4.78, 5) is 68.7. The molecule has 1 aromatic heterocycles. The van der Waals surface area contributed by atoms with E-state index in [-0.39, 0.29) is 60.3 Å². The first kappa shape index (κ1) is 48.1. The first-order valence-corrected chi connectivity index (χ1v) is 22.2. The summed E-state index contributed by atoms with van der Waals surface area (Å²) < 4.78 is 57.9. The number of imidazole rings is 1. The smallest absolute Gasteiger partial charge is 0.407 e. The molecule has 2 aromatic carbocycles. The molecule has 4 unspecified atom stereocenters. The Balaban J connectivity index is 0.00000137. The molecule has 0 saturated carbocycles. The van der Waals surface area contributed by atoms with Gasteiger partial charge in [-0.1, -0.05) is 43.2 Å². The van der Waals surface area contributed by atoms with Gasteiger partial charge in [0, 0.05) is 76.6 Å². The van der Waals surface area contributed by atoms with Crippen LogP contribution in [-0.2, 0) is 35.2 Å². The average Bonchev–Trinajstić information content (AvgIpc) is 3.96. The van der Waals surface area contributed by atoms with E-state index in [1.54, 1.807) is 11.1 Å². The SMILES string of the molecule is CSC1CC(=O)N(CCCCCCNC(=O)OCC(=O)N(CC2CNCC2F)C(c2nc(-c3cc(F)ccc3F)cn2Cc2ccccc2)C2CCOCC2)C1=O.NCC(=O)O. The van der Waals surface area contributed by atoms with Crippen LogP contribution in [0.15, 0.2) is 54.7 Å². The number of alkyl halides is 1. The number of aromatic nitrogens is 2. The van der Waals surface area contributed by atoms with E-state index in [4.69, 9.17) is 19.6 Å². The first-order chi connectivity index (χ1) is 29.9. The van der Waals surface area contributed by atoms with Gasteiger partial charge >= 0.3 is 12.1 Å². The minimum atomic E-state index is -1.22. The van der Waals surface area contributed by atoms with Crippen LogP contribution in [0.5, 0.6) is 0 Å². The maximum absolute atomic E-state index is 15.3. The van der Waals surface area contributed by atoms with Crippen molar-refractivity contribution < 1.29 is 51.7 Å². The summed E-state index contributed by atoms with van der Waals surface area (Å²) in [6.07, 6.45) is 5.65. The van der Waals surface area contributed by atoms with Crippen molar-refractivity contribution in [3.05, 3.63) is 77.8 Å². The van der Waals surface area contributed by atoms with Crippen molar-refractivity contribution >= 4 is 41.5 Å². The Kier molecular flexibility index (Phi) is 18.6. The Morgan fingerprint density at radius 2 is 1.81 bits per heavy atom. The predicted octanol–water partition coefficient (Wildman–Crippen LogP) is 4.54. The number of likely N-dealkylation sites (tertiary alicyclic amines) is 1. The molecule has 0 radical (unpaired) electrons. The number of carbonyl (C=O) groups excluding carboxylic acids is 4. The number of nitrogens with one attached hydrogen (secondary N) is 2. The largest absolute Gasteiger partial charge is 0.480 e. The van der Waals surface area contributed by atoms with Gasteiger partial charge in [-0.3, -0.25) is 24.1 Å². The first-order valence-electron chi connectivity index (χ1n) is 20.9. The van der Waals surface area contributed by atoms with Gasteiger partial charge in [-0.05, 0) is 61.6 Å². The van der Waals surface area contributed by atoms with Gasteiger partial charge in [-0.15, -0.1) is 0 Å². The molecule has 4 heterocycles. The fourth-order valence-electron chi connectivity index (χ4n) is 7.81. The van der Waals surface area contributed by atoms with Gasteiger partial charge < -0.3 is 40.4 Å². The summed E-state index contributed by atoms with van der Waals surface area (Å²) in [6, 6.07) is 12.0. The lowest BCUT2D eigenvalue weighted by atomic mass is 9.88. The summed E-state index contributed by atoms with van der Waals surface area (Å²) >= 11 is 1.39. The zero-order chi connectivity index (χ0) is 44.6. The lowest BCUT2D eigenvalue weighted by molar-refractivity contribution is -0.141. The normalized spacial score (nSPS) is 19.5. The number of hydrogen-bond donors (Lipinski definition) is 4. The molecule has 0 bridgehead atoms. The predicted molar refractivity (Wildman–Crippen MR) is 226 cm³/mol. The van der Waals surface area contributed by atoms with Crippen LogP contribution in [0.1, 0.15) is 62.4 Å². The summed E-state index contributed by atoms with van der Waals surface area (Å²) in [5, 5.41) is 13.0. The number of thioether (sulfide) groups is 1. The molecular weight excluding hydrogens is 832 g/mol. The molecule has 4 amide bonds. The van der Waals surface area contributed by atoms with Gasteiger partial charge in [0.25, 0.3) is 5.91 Å². The van der Waals surface area contributed by atoms with E-state index in [2.05, 4.69) is 16.4 Å². The Morgan fingerprint density at radius 3 is 2.47 bits per heavy atom. The quantitative estimate of drug-likeness (QED) is 0.0971. The number of halogens is 3. The highest BCUT2D eigenvalue weighted by molar-refractivity contribution is 8.00. The molecule has 62 heavy (non-hydrogen) atoms. The van der Waals surface area contributed by atoms with E-state index in [9.17, 15) is 28.4 Å². The number of benzene rings is 2. The number of nitrogens with zero attached hydrogens (tertiary/aromatic N) is 4. The van der Waals surface area contributed by atoms with Crippen LogP contribution in [0.4, 0.5) is 18.0 Å². The fraction of sp³-hybridized carbons (Fsp3) is 0.535. The Labute approximate surface area is 363 Å². The molecule has 3 saturated heterocycles. The van der Waals surface area contributed by atoms with Crippen molar-refractivity contribution in [2.45, 2.75) is 69.0 Å². The second-order valence-corrected chi connectivity index (χ2v) is 16.5. The molecule has 19 heteroatoms. The molecule has 0 aliphatic carbocycles. The Hall–Kier alpha value is -4.98. The minimum Gasteiger partial charge on any atom is -0.480 e. The second kappa shape index (κ2) is 24.0. The van der Waals surface area contributed by atoms with Gasteiger partial charge in [0.05, 0.1) is 23.5 Å². The van der Waals surface area contributed by atoms with E-state index in [1.165, 1.54) is 16.7 Å². The van der Waals surface area contributed by atoms with Crippen molar-refractivity contribution in [1.29, 1.82) is 0 Å². The molecule has 3 aliphatic heterocycles. The Morgan fingerprint density at radius 1 is 1.08 bits per heavy atom. The lowest BCUT2D eigenvalue weighted by Crippen LogP contribution is -2.47. The van der Waals surface area contributed by atoms with Gasteiger partial charge in [-0.25, -0.2) is 22.9 Å². The fourth-order valence-corrected chi connectivity index (χ4v) is 8.45. The summed E-state index contributed by atoms with van der Waals surface area (Å²) in [7, 11) is 0. The highest BCUT2D eigenvalue weighted by Gasteiger charge is 2.41. The van der Waals surface area contributed by atoms with Crippen molar-refractivity contribution in [3.8, 4) is 11.3 Å². The number of hydrogen-bond acceptors (Lipinski definition) is 11. The number of nitrogens with two attached hydrogens (primary N) is 1. The molecular formula is C43H56F3N7O8S. The zero-order valence-corrected chi connectivity index (χ0v) is 35.6. The molecule has 4 atom stereocenters. The number of carbonyl (C=O) groups is 5. The number of rotatable bonds is 19. The summed E-state index contributed by atoms with van der Waals surface area (Å²) in [6.45, 7) is 1.45. The Bertz CT molecular complexity index is 1970. The van der Waals surface area contributed by atoms with Crippen LogP contribution in [0.2, 0.25) is 0 Å². The van der Waals surface area contributed by atoms with Crippen LogP contribution in [0.25, 0.3) is 11.3 Å². The maximum Gasteiger partial charge on any atom is 0.407 e. The third-order valence-electron chi connectivity index (χ3n) is 11.1. The van der Waals surface area contributed by atoms with E-state index in [0.717, 1.165) is 36.6 Å². The molecule has 3 aliphatic rings. The van der Waals surface area contributed by atoms with Crippen LogP contribution in [0, 0.1) is 23.5 Å². The molecule has 0 spiro atoms. The van der Waals surface area contributed by atoms with E-state index in [0.29, 0.717) is 70.9 Å². The number of carboxylic acids is 1. The lowest BCUT2D eigenvalue weighted by Gasteiger charge is -2.39. The number of ether oxygens (including phenoxy) is 2. The third-order valence-corrected chi connectivity index (χ3v) is 12.0. The third kappa shape index (κ3) is 13.5. The minimum absolute atomic E-state index is 0.00835. The number of alkyl carbamates (subject to hydrolysis) is 1. The zero-order valence-electron chi connectivity index (χ0n) is 34.8. The highest BCUT2D eigenvalue weighted by atomic mass is 32.2. The number of imide groups is 1. The summed E-state index contributed by atoms with van der Waals surface area (Å²) in [5.74, 6) is -3.37. The van der Waals surface area contributed by atoms with Gasteiger partial charge in [0.15, 0.2) is 6.61 Å². The molecule has 3 aromatic rings. The van der Waals surface area contributed by atoms with Gasteiger partial charge in [0.2, 0.25) is 11.8 Å². The molecule has 15 nitrogen and oxygen atoms in total. The van der Waals surface area contributed by atoms with Crippen molar-refractivity contribution in [2.75, 3.05) is 65.3 Å². The standard InChI is InChI=1S/C41H51F3N6O6S.C2H5NO2/c1-57-35-20-36(51)49(40(35)53)16-8-3-2-7-15-46-41(54)56-26-37(52)50(24-29-21-45-22-33(29)44)38(28-13-17-55-18-14-28)39-47-34(31-19-30(42)11-12-32(31)43)25-48(39)23-27-9-5-4-6-10-27;3-1-2(4)5/h4-6,9-12,19,25,28-29,33,35,38,45H,2-3,7-8,13-18,20-24,26H2,1H3,(H,46,54);1,3H2,(H,4,5). The number of carboxylic acid groups (broad SMARTS) is 1. The van der Waals surface area contributed by atoms with Crippen LogP contribution >= 0.6 is 11.8 Å². The van der Waals surface area contributed by atoms with E-state index < -0.39 is 54.3 Å².